The molecule has 0 spiro atoms. The number of benzene rings is 10. The molecule has 2 aliphatic heterocycles. The van der Waals surface area contributed by atoms with E-state index in [9.17, 15) is 0 Å². The summed E-state index contributed by atoms with van der Waals surface area (Å²) in [5, 5.41) is 10.4. The quantitative estimate of drug-likeness (QED) is 0.150. The van der Waals surface area contributed by atoms with Crippen molar-refractivity contribution >= 4 is 72.4 Å². The predicted molar refractivity (Wildman–Crippen MR) is 315 cm³/mol. The highest BCUT2D eigenvalue weighted by Crippen LogP contribution is 2.56. The number of fused-ring (bicyclic) bond motifs is 10. The van der Waals surface area contributed by atoms with Crippen LogP contribution in [0.5, 0.6) is 0 Å². The lowest BCUT2D eigenvalue weighted by molar-refractivity contribution is 0.666. The first-order chi connectivity index (χ1) is 37.7. The van der Waals surface area contributed by atoms with Crippen molar-refractivity contribution in [1.29, 1.82) is 0 Å². The number of nitrogens with zero attached hydrogens (tertiary/aromatic N) is 5. The van der Waals surface area contributed by atoms with E-state index in [1.165, 1.54) is 86.6 Å². The summed E-state index contributed by atoms with van der Waals surface area (Å²) in [7, 11) is -2.93. The minimum absolute atomic E-state index is 0.545. The van der Waals surface area contributed by atoms with Crippen LogP contribution in [-0.2, 0) is 5.41 Å². The predicted octanol–water partition coefficient (Wildman–Crippen LogP) is 13.7. The molecule has 76 heavy (non-hydrogen) atoms. The van der Waals surface area contributed by atoms with Gasteiger partial charge >= 0.3 is 0 Å². The van der Waals surface area contributed by atoms with Gasteiger partial charge in [-0.25, -0.2) is 15.0 Å². The average Bonchev–Trinajstić information content (AvgIpc) is 4.22. The fraction of sp³-hybridized carbons (Fsp3) is 0.0429. The van der Waals surface area contributed by atoms with E-state index in [2.05, 4.69) is 264 Å². The van der Waals surface area contributed by atoms with Gasteiger partial charge in [0.2, 0.25) is 0 Å². The standard InChI is InChI=1S/C70H47N5Si/c1-6-22-46(23-7-1)67-71-68(47-40-42-57-61(44-47)74-59-37-18-16-32-53(59)55-34-20-36-58(65(55)74)70(57,49-24-8-2-9-25-49)50-26-10-3-11-27-50)73-69(72-67)48-41-43-63-62(45-48)75-60-38-19-17-33-54(60)56-35-21-39-64(66(56)75)76(63,51-28-12-4-13-29-51)52-30-14-5-15-31-52/h1-10,12-26,28-45H,11,27H2. The smallest absolute Gasteiger partial charge is 0.184 e. The summed E-state index contributed by atoms with van der Waals surface area (Å²) < 4.78 is 5.04. The van der Waals surface area contributed by atoms with Crippen LogP contribution in [0.15, 0.2) is 266 Å². The lowest BCUT2D eigenvalue weighted by atomic mass is 9.61. The SMILES string of the molecule is C1=CCCC(C2(c3ccccc3)c3ccc(-c4nc(-c5ccccc5)nc(-c5ccc6c(c5)-n5c7ccccc7c7cccc(c75)[Si]6(c5ccccc5)c5ccccc5)n4)cc3-n3c4ccccc4c4cccc2c43)=C1. The lowest BCUT2D eigenvalue weighted by Gasteiger charge is -2.43. The van der Waals surface area contributed by atoms with Gasteiger partial charge in [-0.05, 0) is 74.5 Å². The number of aromatic nitrogens is 5. The molecule has 3 aromatic heterocycles. The molecule has 16 rings (SSSR count). The third-order valence-corrected chi connectivity index (χ3v) is 21.6. The van der Waals surface area contributed by atoms with Crippen molar-refractivity contribution in [3.05, 3.63) is 283 Å². The molecular weight excluding hydrogens is 939 g/mol. The first-order valence-corrected chi connectivity index (χ1v) is 28.4. The van der Waals surface area contributed by atoms with Gasteiger partial charge in [-0.3, -0.25) is 0 Å². The zero-order chi connectivity index (χ0) is 50.0. The maximum Gasteiger partial charge on any atom is 0.184 e. The number of para-hydroxylation sites is 4. The van der Waals surface area contributed by atoms with Crippen LogP contribution in [0.1, 0.15) is 29.5 Å². The Hall–Kier alpha value is -9.49. The van der Waals surface area contributed by atoms with E-state index < -0.39 is 13.5 Å². The summed E-state index contributed by atoms with van der Waals surface area (Å²) in [6.07, 6.45) is 8.87. The van der Waals surface area contributed by atoms with Gasteiger partial charge in [0.1, 0.15) is 0 Å². The fourth-order valence-electron chi connectivity index (χ4n) is 13.7. The molecule has 1 atom stereocenters. The molecule has 0 radical (unpaired) electrons. The summed E-state index contributed by atoms with van der Waals surface area (Å²) in [6, 6.07) is 89.7. The van der Waals surface area contributed by atoms with E-state index in [0.717, 1.165) is 40.9 Å². The third-order valence-electron chi connectivity index (χ3n) is 16.8. The second kappa shape index (κ2) is 16.5. The van der Waals surface area contributed by atoms with Crippen LogP contribution in [0.2, 0.25) is 0 Å². The molecule has 5 heterocycles. The number of rotatable bonds is 7. The maximum absolute atomic E-state index is 5.57. The van der Waals surface area contributed by atoms with Gasteiger partial charge in [-0.2, -0.15) is 0 Å². The normalized spacial score (nSPS) is 16.0. The Balaban J connectivity index is 0.969. The van der Waals surface area contributed by atoms with Crippen LogP contribution >= 0.6 is 0 Å². The van der Waals surface area contributed by atoms with Gasteiger partial charge in [0, 0.05) is 43.9 Å². The summed E-state index contributed by atoms with van der Waals surface area (Å²) in [4.78, 5) is 16.4. The average molecular weight is 986 g/mol. The molecule has 3 aliphatic rings. The first-order valence-electron chi connectivity index (χ1n) is 26.4. The van der Waals surface area contributed by atoms with Gasteiger partial charge in [0.05, 0.1) is 33.2 Å². The maximum atomic E-state index is 5.57. The van der Waals surface area contributed by atoms with Crippen LogP contribution in [0.3, 0.4) is 0 Å². The molecular formula is C70H47N5Si. The first kappa shape index (κ1) is 43.0. The van der Waals surface area contributed by atoms with Crippen molar-refractivity contribution < 1.29 is 0 Å². The Labute approximate surface area is 441 Å². The van der Waals surface area contributed by atoms with E-state index in [1.807, 2.05) is 6.07 Å². The number of hydrogen-bond donors (Lipinski definition) is 0. The molecule has 0 amide bonds. The minimum atomic E-state index is -2.93. The second-order valence-corrected chi connectivity index (χ2v) is 24.2. The van der Waals surface area contributed by atoms with E-state index in [4.69, 9.17) is 15.0 Å². The monoisotopic (exact) mass is 985 g/mol. The molecule has 13 aromatic rings. The molecule has 10 aromatic carbocycles. The Bertz CT molecular complexity index is 4530. The van der Waals surface area contributed by atoms with Crippen LogP contribution in [-0.4, -0.2) is 32.2 Å². The second-order valence-electron chi connectivity index (χ2n) is 20.5. The van der Waals surface area contributed by atoms with E-state index in [0.29, 0.717) is 17.5 Å². The molecule has 0 N–H and O–H groups in total. The lowest BCUT2D eigenvalue weighted by Crippen LogP contribution is -2.76. The summed E-state index contributed by atoms with van der Waals surface area (Å²) in [6.45, 7) is 0. The van der Waals surface area contributed by atoms with Crippen molar-refractivity contribution in [2.45, 2.75) is 18.3 Å². The van der Waals surface area contributed by atoms with Crippen LogP contribution < -0.4 is 20.7 Å². The van der Waals surface area contributed by atoms with Gasteiger partial charge < -0.3 is 9.13 Å². The summed E-state index contributed by atoms with van der Waals surface area (Å²) >= 11 is 0. The number of allylic oxidation sites excluding steroid dienone is 4. The minimum Gasteiger partial charge on any atom is -0.309 e. The van der Waals surface area contributed by atoms with E-state index >= 15 is 0 Å². The largest absolute Gasteiger partial charge is 0.309 e. The van der Waals surface area contributed by atoms with Gasteiger partial charge in [-0.15, -0.1) is 0 Å². The Kier molecular flexibility index (Phi) is 9.33. The summed E-state index contributed by atoms with van der Waals surface area (Å²) in [5.41, 5.74) is 14.6. The highest BCUT2D eigenvalue weighted by molar-refractivity contribution is 7.21. The van der Waals surface area contributed by atoms with Gasteiger partial charge in [-0.1, -0.05) is 242 Å². The molecule has 1 unspecified atom stereocenters. The van der Waals surface area contributed by atoms with Crippen molar-refractivity contribution in [2.24, 2.45) is 0 Å². The summed E-state index contributed by atoms with van der Waals surface area (Å²) in [5.74, 6) is 1.88. The molecule has 6 heteroatoms. The van der Waals surface area contributed by atoms with Crippen LogP contribution in [0.4, 0.5) is 0 Å². The highest BCUT2D eigenvalue weighted by Gasteiger charge is 2.49. The van der Waals surface area contributed by atoms with Crippen molar-refractivity contribution in [2.75, 3.05) is 0 Å². The van der Waals surface area contributed by atoms with Crippen molar-refractivity contribution in [1.82, 2.24) is 24.1 Å². The molecule has 0 saturated heterocycles. The molecule has 356 valence electrons. The molecule has 0 fully saturated rings. The highest BCUT2D eigenvalue weighted by atomic mass is 28.3. The topological polar surface area (TPSA) is 48.5 Å². The Morgan fingerprint density at radius 3 is 1.57 bits per heavy atom. The third kappa shape index (κ3) is 5.87. The van der Waals surface area contributed by atoms with Crippen molar-refractivity contribution in [3.63, 3.8) is 0 Å². The van der Waals surface area contributed by atoms with Crippen molar-refractivity contribution in [3.8, 4) is 45.5 Å². The fourth-order valence-corrected chi connectivity index (χ4v) is 18.8. The Morgan fingerprint density at radius 2 is 0.921 bits per heavy atom. The number of hydrogen-bond acceptors (Lipinski definition) is 3. The molecule has 5 nitrogen and oxygen atoms in total. The Morgan fingerprint density at radius 1 is 0.395 bits per heavy atom. The van der Waals surface area contributed by atoms with E-state index in [1.54, 1.807) is 0 Å². The zero-order valence-electron chi connectivity index (χ0n) is 41.5. The van der Waals surface area contributed by atoms with E-state index in [-0.39, 0.29) is 0 Å². The molecule has 0 saturated carbocycles. The van der Waals surface area contributed by atoms with Crippen LogP contribution in [0, 0.1) is 0 Å². The van der Waals surface area contributed by atoms with Crippen LogP contribution in [0.25, 0.3) is 89.2 Å². The van der Waals surface area contributed by atoms with Gasteiger partial charge in [0.15, 0.2) is 25.5 Å². The molecule has 0 bridgehead atoms. The zero-order valence-corrected chi connectivity index (χ0v) is 42.5. The molecule has 1 aliphatic carbocycles. The van der Waals surface area contributed by atoms with Gasteiger partial charge in [0.25, 0.3) is 0 Å².